The molecule has 2 rings (SSSR count). The first kappa shape index (κ1) is 13.8. The van der Waals surface area contributed by atoms with E-state index in [1.165, 1.54) is 0 Å². The second kappa shape index (κ2) is 5.17. The molecule has 19 heavy (non-hydrogen) atoms. The number of nitrogens with zero attached hydrogens (tertiary/aromatic N) is 1. The number of rotatable bonds is 2. The van der Waals surface area contributed by atoms with E-state index in [-0.39, 0.29) is 11.4 Å². The molecule has 0 aliphatic carbocycles. The first-order valence-corrected chi connectivity index (χ1v) is 6.61. The highest BCUT2D eigenvalue weighted by Crippen LogP contribution is 2.28. The number of fused-ring (bicyclic) bond motifs is 1. The van der Waals surface area contributed by atoms with Crippen LogP contribution in [0, 0.1) is 0 Å². The van der Waals surface area contributed by atoms with Crippen LogP contribution in [0.4, 0.5) is 0 Å². The van der Waals surface area contributed by atoms with Crippen molar-refractivity contribution in [3.63, 3.8) is 0 Å². The van der Waals surface area contributed by atoms with Gasteiger partial charge in [0.05, 0.1) is 0 Å². The van der Waals surface area contributed by atoms with Crippen LogP contribution in [-0.2, 0) is 4.79 Å². The largest absolute Gasteiger partial charge is 0.350 e. The molecular formula is C15H17ClN2O. The number of aromatic nitrogens is 1. The van der Waals surface area contributed by atoms with Crippen molar-refractivity contribution in [2.24, 2.45) is 0 Å². The zero-order valence-corrected chi connectivity index (χ0v) is 12.0. The second-order valence-electron chi connectivity index (χ2n) is 5.55. The Morgan fingerprint density at radius 2 is 1.95 bits per heavy atom. The van der Waals surface area contributed by atoms with Crippen molar-refractivity contribution in [3.8, 4) is 0 Å². The number of hydrogen-bond donors (Lipinski definition) is 1. The fourth-order valence-corrected chi connectivity index (χ4v) is 2.14. The van der Waals surface area contributed by atoms with Crippen LogP contribution >= 0.6 is 11.6 Å². The SMILES string of the molecule is CC(C)(C)NC(=O)C(Cl)c1cncc2ccccc12. The summed E-state index contributed by atoms with van der Waals surface area (Å²) in [4.78, 5) is 16.3. The van der Waals surface area contributed by atoms with Gasteiger partial charge >= 0.3 is 0 Å². The summed E-state index contributed by atoms with van der Waals surface area (Å²) in [7, 11) is 0. The Bertz CT molecular complexity index is 599. The van der Waals surface area contributed by atoms with Crippen molar-refractivity contribution >= 4 is 28.3 Å². The summed E-state index contributed by atoms with van der Waals surface area (Å²) in [6, 6.07) is 7.77. The first-order chi connectivity index (χ1) is 8.88. The number of carbonyl (C=O) groups excluding carboxylic acids is 1. The van der Waals surface area contributed by atoms with Gasteiger partial charge in [-0.1, -0.05) is 24.3 Å². The molecule has 4 heteroatoms. The monoisotopic (exact) mass is 276 g/mol. The van der Waals surface area contributed by atoms with Gasteiger partial charge in [0.2, 0.25) is 5.91 Å². The van der Waals surface area contributed by atoms with Gasteiger partial charge in [-0.05, 0) is 26.2 Å². The van der Waals surface area contributed by atoms with E-state index >= 15 is 0 Å². The lowest BCUT2D eigenvalue weighted by molar-refractivity contribution is -0.122. The van der Waals surface area contributed by atoms with Gasteiger partial charge in [0.15, 0.2) is 0 Å². The molecule has 0 radical (unpaired) electrons. The molecule has 1 unspecified atom stereocenters. The summed E-state index contributed by atoms with van der Waals surface area (Å²) in [5, 5.41) is 4.09. The van der Waals surface area contributed by atoms with Crippen LogP contribution in [0.15, 0.2) is 36.7 Å². The van der Waals surface area contributed by atoms with E-state index in [9.17, 15) is 4.79 Å². The topological polar surface area (TPSA) is 42.0 Å². The maximum atomic E-state index is 12.1. The fourth-order valence-electron chi connectivity index (χ4n) is 1.92. The Morgan fingerprint density at radius 1 is 1.26 bits per heavy atom. The van der Waals surface area contributed by atoms with Crippen LogP contribution < -0.4 is 5.32 Å². The molecule has 1 N–H and O–H groups in total. The third-order valence-corrected chi connectivity index (χ3v) is 3.13. The van der Waals surface area contributed by atoms with Crippen LogP contribution in [0.3, 0.4) is 0 Å². The van der Waals surface area contributed by atoms with E-state index in [0.717, 1.165) is 16.3 Å². The number of pyridine rings is 1. The number of carbonyl (C=O) groups is 1. The summed E-state index contributed by atoms with van der Waals surface area (Å²) in [5.74, 6) is -0.202. The zero-order valence-electron chi connectivity index (χ0n) is 11.3. The van der Waals surface area contributed by atoms with Crippen molar-refractivity contribution in [2.75, 3.05) is 0 Å². The van der Waals surface area contributed by atoms with Crippen molar-refractivity contribution in [1.82, 2.24) is 10.3 Å². The molecule has 0 spiro atoms. The van der Waals surface area contributed by atoms with Crippen molar-refractivity contribution in [1.29, 1.82) is 0 Å². The summed E-state index contributed by atoms with van der Waals surface area (Å²) in [5.41, 5.74) is 0.434. The van der Waals surface area contributed by atoms with Crippen molar-refractivity contribution < 1.29 is 4.79 Å². The second-order valence-corrected chi connectivity index (χ2v) is 5.99. The number of halogens is 1. The molecule has 1 heterocycles. The molecular weight excluding hydrogens is 260 g/mol. The van der Waals surface area contributed by atoms with Crippen LogP contribution in [0.25, 0.3) is 10.8 Å². The molecule has 1 atom stereocenters. The Labute approximate surface area is 118 Å². The average molecular weight is 277 g/mol. The highest BCUT2D eigenvalue weighted by atomic mass is 35.5. The maximum absolute atomic E-state index is 12.1. The molecule has 3 nitrogen and oxygen atoms in total. The van der Waals surface area contributed by atoms with Gasteiger partial charge in [0.25, 0.3) is 0 Å². The predicted molar refractivity (Wildman–Crippen MR) is 78.2 cm³/mol. The molecule has 100 valence electrons. The van der Waals surface area contributed by atoms with Gasteiger partial charge in [-0.2, -0.15) is 0 Å². The minimum atomic E-state index is -0.738. The molecule has 1 aromatic heterocycles. The molecule has 0 aliphatic rings. The van der Waals surface area contributed by atoms with Gasteiger partial charge in [0.1, 0.15) is 5.38 Å². The summed E-state index contributed by atoms with van der Waals surface area (Å²) < 4.78 is 0. The molecule has 0 aliphatic heterocycles. The van der Waals surface area contributed by atoms with Crippen LogP contribution in [0.1, 0.15) is 31.7 Å². The first-order valence-electron chi connectivity index (χ1n) is 6.17. The lowest BCUT2D eigenvalue weighted by Gasteiger charge is -2.22. The van der Waals surface area contributed by atoms with E-state index in [0.29, 0.717) is 0 Å². The molecule has 0 fully saturated rings. The van der Waals surface area contributed by atoms with Crippen LogP contribution in [0.2, 0.25) is 0 Å². The Hall–Kier alpha value is -1.61. The highest BCUT2D eigenvalue weighted by molar-refractivity contribution is 6.31. The molecule has 1 aromatic carbocycles. The third-order valence-electron chi connectivity index (χ3n) is 2.70. The van der Waals surface area contributed by atoms with Crippen molar-refractivity contribution in [2.45, 2.75) is 31.7 Å². The standard InChI is InChI=1S/C15H17ClN2O/c1-15(2,3)18-14(19)13(16)12-9-17-8-10-6-4-5-7-11(10)12/h4-9,13H,1-3H3,(H,18,19). The molecule has 1 amide bonds. The van der Waals surface area contributed by atoms with Crippen LogP contribution in [0.5, 0.6) is 0 Å². The zero-order chi connectivity index (χ0) is 14.0. The summed E-state index contributed by atoms with van der Waals surface area (Å²) in [6.45, 7) is 5.78. The van der Waals surface area contributed by atoms with Gasteiger partial charge in [-0.15, -0.1) is 11.6 Å². The molecule has 0 saturated carbocycles. The molecule has 2 aromatic rings. The summed E-state index contributed by atoms with van der Waals surface area (Å²) >= 11 is 6.29. The number of hydrogen-bond acceptors (Lipinski definition) is 2. The minimum Gasteiger partial charge on any atom is -0.350 e. The van der Waals surface area contributed by atoms with Gasteiger partial charge in [-0.25, -0.2) is 0 Å². The van der Waals surface area contributed by atoms with E-state index < -0.39 is 5.38 Å². The average Bonchev–Trinajstić information content (AvgIpc) is 2.35. The lowest BCUT2D eigenvalue weighted by Crippen LogP contribution is -2.42. The predicted octanol–water partition coefficient (Wildman–Crippen LogP) is 3.43. The summed E-state index contributed by atoms with van der Waals surface area (Å²) in [6.07, 6.45) is 3.42. The molecule has 0 saturated heterocycles. The minimum absolute atomic E-state index is 0.202. The molecule has 0 bridgehead atoms. The number of alkyl halides is 1. The highest BCUT2D eigenvalue weighted by Gasteiger charge is 2.23. The van der Waals surface area contributed by atoms with Gasteiger partial charge in [-0.3, -0.25) is 9.78 Å². The lowest BCUT2D eigenvalue weighted by atomic mass is 10.0. The Balaban J connectivity index is 2.36. The Kier molecular flexibility index (Phi) is 3.76. The normalized spacial score (nSPS) is 13.3. The Morgan fingerprint density at radius 3 is 2.63 bits per heavy atom. The van der Waals surface area contributed by atoms with E-state index in [2.05, 4.69) is 10.3 Å². The maximum Gasteiger partial charge on any atom is 0.243 e. The quantitative estimate of drug-likeness (QED) is 0.854. The van der Waals surface area contributed by atoms with Gasteiger partial charge < -0.3 is 5.32 Å². The van der Waals surface area contributed by atoms with E-state index in [4.69, 9.17) is 11.6 Å². The van der Waals surface area contributed by atoms with Crippen molar-refractivity contribution in [3.05, 3.63) is 42.2 Å². The number of benzene rings is 1. The van der Waals surface area contributed by atoms with E-state index in [1.807, 2.05) is 45.0 Å². The third kappa shape index (κ3) is 3.24. The van der Waals surface area contributed by atoms with Crippen LogP contribution in [-0.4, -0.2) is 16.4 Å². The number of nitrogens with one attached hydrogen (secondary N) is 1. The fraction of sp³-hybridized carbons (Fsp3) is 0.333. The smallest absolute Gasteiger partial charge is 0.243 e. The van der Waals surface area contributed by atoms with E-state index in [1.54, 1.807) is 12.4 Å². The van der Waals surface area contributed by atoms with Gasteiger partial charge in [0, 0.05) is 28.9 Å². The number of amides is 1.